The standard InChI is InChI=1S/C18H21FN4O2/c19-15-6-7-16(17(11-15)23(24)25)20-12-14-5-8-18(21-13-14)22-9-3-1-2-4-10-22/h5-8,11,13,20H,1-4,9-10,12H2. The average Bonchev–Trinajstić information content (AvgIpc) is 2.90. The largest absolute Gasteiger partial charge is 0.375 e. The maximum atomic E-state index is 13.2. The lowest BCUT2D eigenvalue weighted by Gasteiger charge is -2.21. The molecule has 1 aliphatic heterocycles. The monoisotopic (exact) mass is 344 g/mol. The number of nitro groups is 1. The Morgan fingerprint density at radius 3 is 2.56 bits per heavy atom. The van der Waals surface area contributed by atoms with Gasteiger partial charge in [-0.15, -0.1) is 0 Å². The number of nitro benzene ring substituents is 1. The summed E-state index contributed by atoms with van der Waals surface area (Å²) in [5, 5.41) is 14.0. The van der Waals surface area contributed by atoms with Gasteiger partial charge in [-0.3, -0.25) is 10.1 Å². The fraction of sp³-hybridized carbons (Fsp3) is 0.389. The number of nitrogens with zero attached hydrogens (tertiary/aromatic N) is 3. The summed E-state index contributed by atoms with van der Waals surface area (Å²) in [6.45, 7) is 2.46. The zero-order valence-electron chi connectivity index (χ0n) is 13.9. The molecule has 7 heteroatoms. The number of aromatic nitrogens is 1. The van der Waals surface area contributed by atoms with E-state index in [0.717, 1.165) is 30.5 Å². The molecule has 1 fully saturated rings. The first-order valence-electron chi connectivity index (χ1n) is 8.51. The molecule has 6 nitrogen and oxygen atoms in total. The third-order valence-electron chi connectivity index (χ3n) is 4.38. The summed E-state index contributed by atoms with van der Waals surface area (Å²) >= 11 is 0. The van der Waals surface area contributed by atoms with Gasteiger partial charge in [0, 0.05) is 25.8 Å². The highest BCUT2D eigenvalue weighted by Crippen LogP contribution is 2.25. The van der Waals surface area contributed by atoms with Gasteiger partial charge >= 0.3 is 0 Å². The predicted octanol–water partition coefficient (Wildman–Crippen LogP) is 4.12. The Kier molecular flexibility index (Phi) is 5.42. The van der Waals surface area contributed by atoms with Crippen LogP contribution >= 0.6 is 0 Å². The summed E-state index contributed by atoms with van der Waals surface area (Å²) in [7, 11) is 0. The van der Waals surface area contributed by atoms with Crippen molar-refractivity contribution in [2.75, 3.05) is 23.3 Å². The van der Waals surface area contributed by atoms with Crippen molar-refractivity contribution in [1.29, 1.82) is 0 Å². The van der Waals surface area contributed by atoms with Gasteiger partial charge in [-0.05, 0) is 36.6 Å². The summed E-state index contributed by atoms with van der Waals surface area (Å²) in [5.74, 6) is 0.346. The van der Waals surface area contributed by atoms with Crippen molar-refractivity contribution in [3.63, 3.8) is 0 Å². The molecule has 132 valence electrons. The number of rotatable bonds is 5. The van der Waals surface area contributed by atoms with Crippen LogP contribution in [0.25, 0.3) is 0 Å². The van der Waals surface area contributed by atoms with Gasteiger partial charge in [-0.2, -0.15) is 0 Å². The van der Waals surface area contributed by atoms with Crippen molar-refractivity contribution >= 4 is 17.2 Å². The third kappa shape index (κ3) is 4.43. The second kappa shape index (κ2) is 7.92. The fourth-order valence-corrected chi connectivity index (χ4v) is 3.01. The fourth-order valence-electron chi connectivity index (χ4n) is 3.01. The van der Waals surface area contributed by atoms with E-state index in [1.165, 1.54) is 37.8 Å². The van der Waals surface area contributed by atoms with E-state index < -0.39 is 10.7 Å². The lowest BCUT2D eigenvalue weighted by atomic mass is 10.2. The van der Waals surface area contributed by atoms with Crippen LogP contribution in [0.3, 0.4) is 0 Å². The highest BCUT2D eigenvalue weighted by atomic mass is 19.1. The molecule has 3 rings (SSSR count). The van der Waals surface area contributed by atoms with Crippen molar-refractivity contribution < 1.29 is 9.31 Å². The quantitative estimate of drug-likeness (QED) is 0.652. The summed E-state index contributed by atoms with van der Waals surface area (Å²) in [6.07, 6.45) is 6.71. The Bertz CT molecular complexity index is 728. The predicted molar refractivity (Wildman–Crippen MR) is 95.3 cm³/mol. The molecule has 0 atom stereocenters. The van der Waals surface area contributed by atoms with Crippen LogP contribution < -0.4 is 10.2 Å². The Hall–Kier alpha value is -2.70. The number of hydrogen-bond acceptors (Lipinski definition) is 5. The van der Waals surface area contributed by atoms with Crippen LogP contribution in [0, 0.1) is 15.9 Å². The highest BCUT2D eigenvalue weighted by molar-refractivity contribution is 5.61. The molecule has 0 radical (unpaired) electrons. The molecule has 1 aromatic carbocycles. The molecule has 1 aromatic heterocycles. The molecule has 0 amide bonds. The first kappa shape index (κ1) is 17.1. The van der Waals surface area contributed by atoms with Crippen LogP contribution in [-0.4, -0.2) is 23.0 Å². The molecule has 1 N–H and O–H groups in total. The Morgan fingerprint density at radius 1 is 1.16 bits per heavy atom. The zero-order valence-corrected chi connectivity index (χ0v) is 13.9. The van der Waals surface area contributed by atoms with Gasteiger partial charge in [0.15, 0.2) is 0 Å². The number of benzene rings is 1. The molecule has 2 heterocycles. The minimum Gasteiger partial charge on any atom is -0.375 e. The molecule has 25 heavy (non-hydrogen) atoms. The van der Waals surface area contributed by atoms with Crippen LogP contribution in [-0.2, 0) is 6.54 Å². The molecule has 0 bridgehead atoms. The zero-order chi connectivity index (χ0) is 17.6. The Morgan fingerprint density at radius 2 is 1.92 bits per heavy atom. The molecule has 0 aliphatic carbocycles. The summed E-state index contributed by atoms with van der Waals surface area (Å²) in [4.78, 5) is 17.2. The SMILES string of the molecule is O=[N+]([O-])c1cc(F)ccc1NCc1ccc(N2CCCCCC2)nc1. The normalized spacial score (nSPS) is 14.8. The van der Waals surface area contributed by atoms with Gasteiger partial charge in [0.25, 0.3) is 5.69 Å². The van der Waals surface area contributed by atoms with E-state index in [4.69, 9.17) is 0 Å². The topological polar surface area (TPSA) is 71.3 Å². The molecular weight excluding hydrogens is 323 g/mol. The van der Waals surface area contributed by atoms with Gasteiger partial charge in [0.05, 0.1) is 11.0 Å². The maximum Gasteiger partial charge on any atom is 0.295 e. The highest BCUT2D eigenvalue weighted by Gasteiger charge is 2.15. The molecular formula is C18H21FN4O2. The van der Waals surface area contributed by atoms with Crippen molar-refractivity contribution in [2.24, 2.45) is 0 Å². The third-order valence-corrected chi connectivity index (χ3v) is 4.38. The summed E-state index contributed by atoms with van der Waals surface area (Å²) < 4.78 is 13.2. The molecule has 1 saturated heterocycles. The Balaban J connectivity index is 1.65. The van der Waals surface area contributed by atoms with Crippen molar-refractivity contribution in [3.05, 3.63) is 58.0 Å². The minimum atomic E-state index is -0.624. The van der Waals surface area contributed by atoms with Crippen molar-refractivity contribution in [2.45, 2.75) is 32.2 Å². The molecule has 1 aliphatic rings. The molecule has 0 saturated carbocycles. The number of pyridine rings is 1. The van der Waals surface area contributed by atoms with Gasteiger partial charge in [0.1, 0.15) is 17.3 Å². The summed E-state index contributed by atoms with van der Waals surface area (Å²) in [5.41, 5.74) is 0.939. The van der Waals surface area contributed by atoms with E-state index in [9.17, 15) is 14.5 Å². The van der Waals surface area contributed by atoms with Gasteiger partial charge < -0.3 is 10.2 Å². The number of nitrogens with one attached hydrogen (secondary N) is 1. The van der Waals surface area contributed by atoms with Gasteiger partial charge in [-0.25, -0.2) is 9.37 Å². The van der Waals surface area contributed by atoms with E-state index in [2.05, 4.69) is 15.2 Å². The second-order valence-corrected chi connectivity index (χ2v) is 6.20. The van der Waals surface area contributed by atoms with Crippen molar-refractivity contribution in [1.82, 2.24) is 4.98 Å². The average molecular weight is 344 g/mol. The van der Waals surface area contributed by atoms with Crippen molar-refractivity contribution in [3.8, 4) is 0 Å². The van der Waals surface area contributed by atoms with E-state index in [1.54, 1.807) is 6.20 Å². The second-order valence-electron chi connectivity index (χ2n) is 6.20. The van der Waals surface area contributed by atoms with Gasteiger partial charge in [0.2, 0.25) is 0 Å². The lowest BCUT2D eigenvalue weighted by molar-refractivity contribution is -0.384. The van der Waals surface area contributed by atoms with Crippen LogP contribution in [0.15, 0.2) is 36.5 Å². The minimum absolute atomic E-state index is 0.269. The van der Waals surface area contributed by atoms with E-state index in [1.807, 2.05) is 12.1 Å². The molecule has 0 spiro atoms. The molecule has 2 aromatic rings. The molecule has 0 unspecified atom stereocenters. The van der Waals surface area contributed by atoms with Crippen LogP contribution in [0.4, 0.5) is 21.6 Å². The van der Waals surface area contributed by atoms with E-state index >= 15 is 0 Å². The van der Waals surface area contributed by atoms with Crippen LogP contribution in [0.2, 0.25) is 0 Å². The number of halogens is 1. The lowest BCUT2D eigenvalue weighted by Crippen LogP contribution is -2.24. The van der Waals surface area contributed by atoms with Crippen LogP contribution in [0.1, 0.15) is 31.2 Å². The number of anilines is 2. The first-order valence-corrected chi connectivity index (χ1v) is 8.51. The Labute approximate surface area is 145 Å². The van der Waals surface area contributed by atoms with Gasteiger partial charge in [-0.1, -0.05) is 18.9 Å². The maximum absolute atomic E-state index is 13.2. The first-order chi connectivity index (χ1) is 12.1. The smallest absolute Gasteiger partial charge is 0.295 e. The van der Waals surface area contributed by atoms with E-state index in [-0.39, 0.29) is 5.69 Å². The van der Waals surface area contributed by atoms with Crippen LogP contribution in [0.5, 0.6) is 0 Å². The number of hydrogen-bond donors (Lipinski definition) is 1. The summed E-state index contributed by atoms with van der Waals surface area (Å²) in [6, 6.07) is 7.46. The van der Waals surface area contributed by atoms with E-state index in [0.29, 0.717) is 12.2 Å².